The maximum atomic E-state index is 12.3. The SMILES string of the molecule is C=C(C)C(=O)OC(C)(C)C(=O)OC1CCC2CC1(C)OC2=O.C=C(C)C(=O)OC(C)(C)C(=O)OC1CCC2CC1OC2=O.C=C(C)C(=O)OCCOC(=O)CCC(=O)OC1(C)C2CC3C(=O)OC1C3C2.C=C(C)C(=O)OCCOC(=O)CCC(=O)OC1C2(C)CC3C(=O)OC1(C)C3C2.C=C(C)C(=O)OCCOC(=O)CCC(=O)OC1C2CC3C(=O)OC1(C)C3C2. The first-order valence-electron chi connectivity index (χ1n) is 42.1. The Morgan fingerprint density at radius 3 is 1.39 bits per heavy atom. The van der Waals surface area contributed by atoms with Gasteiger partial charge in [-0.05, 0) is 154 Å². The van der Waals surface area contributed by atoms with Crippen molar-refractivity contribution in [2.24, 2.45) is 64.6 Å². The molecule has 8 aliphatic carbocycles. The van der Waals surface area contributed by atoms with Crippen molar-refractivity contribution in [3.63, 3.8) is 0 Å². The van der Waals surface area contributed by atoms with E-state index in [1.54, 1.807) is 6.92 Å². The van der Waals surface area contributed by atoms with Crippen LogP contribution in [0.25, 0.3) is 0 Å². The molecule has 36 heteroatoms. The summed E-state index contributed by atoms with van der Waals surface area (Å²) in [5, 5.41) is 0. The van der Waals surface area contributed by atoms with Crippen molar-refractivity contribution in [3.8, 4) is 0 Å². The molecular weight excluding hydrogens is 1640 g/mol. The third-order valence-electron chi connectivity index (χ3n) is 25.5. The van der Waals surface area contributed by atoms with Crippen LogP contribution in [-0.4, -0.2) is 217 Å². The van der Waals surface area contributed by atoms with Gasteiger partial charge >= 0.3 is 107 Å². The minimum Gasteiger partial charge on any atom is -0.462 e. The van der Waals surface area contributed by atoms with Crippen molar-refractivity contribution in [3.05, 3.63) is 60.8 Å². The Bertz CT molecular complexity index is 4370. The van der Waals surface area contributed by atoms with Gasteiger partial charge in [-0.15, -0.1) is 0 Å². The molecule has 0 N–H and O–H groups in total. The summed E-state index contributed by atoms with van der Waals surface area (Å²) in [6.45, 7) is 39.4. The fourth-order valence-corrected chi connectivity index (χ4v) is 18.9. The summed E-state index contributed by atoms with van der Waals surface area (Å²) in [6, 6.07) is 0. The van der Waals surface area contributed by atoms with Gasteiger partial charge in [0.05, 0.1) is 68.1 Å². The molecule has 5 heterocycles. The molecule has 688 valence electrons. The molecule has 8 saturated carbocycles. The first-order chi connectivity index (χ1) is 58.3. The number of rotatable bonds is 32. The fraction of sp³-hybridized carbons (Fsp3) is 0.685. The Labute approximate surface area is 723 Å². The lowest BCUT2D eigenvalue weighted by molar-refractivity contribution is -0.192. The normalized spacial score (nSPS) is 31.9. The van der Waals surface area contributed by atoms with E-state index in [-0.39, 0.29) is 213 Å². The maximum absolute atomic E-state index is 12.3. The second-order valence-electron chi connectivity index (χ2n) is 36.5. The lowest BCUT2D eigenvalue weighted by Crippen LogP contribution is -2.49. The Morgan fingerprint density at radius 2 is 0.872 bits per heavy atom. The van der Waals surface area contributed by atoms with Crippen LogP contribution in [0.3, 0.4) is 0 Å². The molecule has 36 nitrogen and oxygen atoms in total. The van der Waals surface area contributed by atoms with Crippen LogP contribution in [0.1, 0.15) is 213 Å². The van der Waals surface area contributed by atoms with Gasteiger partial charge in [0, 0.05) is 75.7 Å². The molecule has 125 heavy (non-hydrogen) atoms. The van der Waals surface area contributed by atoms with Crippen LogP contribution < -0.4 is 0 Å². The van der Waals surface area contributed by atoms with E-state index < -0.39 is 136 Å². The Morgan fingerprint density at radius 1 is 0.408 bits per heavy atom. The lowest BCUT2D eigenvalue weighted by Gasteiger charge is -2.38. The van der Waals surface area contributed by atoms with Gasteiger partial charge in [0.2, 0.25) is 11.2 Å². The molecule has 0 aromatic rings. The zero-order valence-corrected chi connectivity index (χ0v) is 73.4. The molecule has 0 spiro atoms. The number of ether oxygens (including phenoxy) is 18. The summed E-state index contributed by atoms with van der Waals surface area (Å²) >= 11 is 0. The molecule has 0 aromatic heterocycles. The van der Waals surface area contributed by atoms with Gasteiger partial charge in [-0.25, -0.2) is 33.6 Å². The molecule has 13 aliphatic rings. The summed E-state index contributed by atoms with van der Waals surface area (Å²) in [7, 11) is 0. The average molecular weight is 1760 g/mol. The van der Waals surface area contributed by atoms with E-state index in [2.05, 4.69) is 32.9 Å². The van der Waals surface area contributed by atoms with E-state index in [1.165, 1.54) is 62.3 Å². The zero-order chi connectivity index (χ0) is 92.7. The fourth-order valence-electron chi connectivity index (χ4n) is 18.9. The first kappa shape index (κ1) is 98.0. The molecule has 5 saturated heterocycles. The minimum atomic E-state index is -1.42. The van der Waals surface area contributed by atoms with Crippen molar-refractivity contribution in [2.45, 2.75) is 283 Å². The van der Waals surface area contributed by atoms with E-state index in [1.807, 2.05) is 27.7 Å². The van der Waals surface area contributed by atoms with Gasteiger partial charge in [-0.2, -0.15) is 0 Å². The average Bonchev–Trinajstić information content (AvgIpc) is 1.52. The van der Waals surface area contributed by atoms with Crippen LogP contribution in [0, 0.1) is 64.6 Å². The van der Waals surface area contributed by atoms with E-state index >= 15 is 0 Å². The number of carbonyl (C=O) groups excluding carboxylic acids is 18. The maximum Gasteiger partial charge on any atom is 0.350 e. The van der Waals surface area contributed by atoms with Crippen molar-refractivity contribution in [1.82, 2.24) is 0 Å². The Kier molecular flexibility index (Phi) is 30.9. The number of esters is 18. The van der Waals surface area contributed by atoms with E-state index in [4.69, 9.17) is 85.3 Å². The molecular formula is C89H116O36. The standard InChI is InChI=1S/C20H26O8.2C19H24O8.C16H22O6.C15H20O6/c1-11(2)16(23)26-8-7-25-14(21)5-6-15(22)27-18-19(3)9-12-13(10-19)20(18,4)28-17(12)24;1-10(2)17(22)25-7-6-24-14(20)4-5-15(21)27-19(3)11-8-12-13(9-11)18(23)26-16(12)19;1-10(2)17(22)25-7-6-24-14(20)4-5-15(21)26-16-11-8-12-13(9-11)19(16,3)27-18(12)23;1-9(2)12(17)21-15(3,4)14(19)20-11-7-6-10-8-16(11,5)22-13(10)18;1-8(2)12(16)21-15(3,4)14(18)20-10-6-5-9-7-11(10)19-13(9)17/h12-13,18H,1,5-10H2,2-4H3;2*11-13,16H,1,4-9H2,2-3H3;10-11H,1,6-8H2,2-5H3;9-11H,1,5-7H2,2-4H3. The van der Waals surface area contributed by atoms with Crippen LogP contribution in [0.15, 0.2) is 60.8 Å². The van der Waals surface area contributed by atoms with Crippen LogP contribution in [0.5, 0.6) is 0 Å². The molecule has 13 rings (SSSR count). The van der Waals surface area contributed by atoms with Crippen LogP contribution in [0.2, 0.25) is 0 Å². The van der Waals surface area contributed by atoms with Crippen molar-refractivity contribution in [2.75, 3.05) is 39.6 Å². The number of fused-ring (bicyclic) bond motifs is 7. The molecule has 0 amide bonds. The van der Waals surface area contributed by atoms with Crippen LogP contribution in [-0.2, 0) is 172 Å². The van der Waals surface area contributed by atoms with Crippen molar-refractivity contribution < 1.29 is 172 Å². The second kappa shape index (κ2) is 39.4. The summed E-state index contributed by atoms with van der Waals surface area (Å²) in [4.78, 5) is 212. The highest BCUT2D eigenvalue weighted by atomic mass is 16.7. The minimum absolute atomic E-state index is 0.0549. The monoisotopic (exact) mass is 1760 g/mol. The number of hydrogen-bond acceptors (Lipinski definition) is 36. The van der Waals surface area contributed by atoms with E-state index in [9.17, 15) is 86.3 Å². The predicted molar refractivity (Wildman–Crippen MR) is 424 cm³/mol. The molecule has 21 unspecified atom stereocenters. The largest absolute Gasteiger partial charge is 0.462 e. The van der Waals surface area contributed by atoms with Gasteiger partial charge in [0.1, 0.15) is 93.1 Å². The van der Waals surface area contributed by atoms with Gasteiger partial charge in [0.15, 0.2) is 5.60 Å². The van der Waals surface area contributed by atoms with Gasteiger partial charge in [-0.3, -0.25) is 52.7 Å². The Hall–Kier alpha value is -10.8. The molecule has 0 aromatic carbocycles. The van der Waals surface area contributed by atoms with Crippen LogP contribution in [0.4, 0.5) is 0 Å². The first-order valence-corrected chi connectivity index (χ1v) is 42.1. The molecule has 21 atom stereocenters. The summed E-state index contributed by atoms with van der Waals surface area (Å²) < 4.78 is 94.2. The molecule has 5 aliphatic heterocycles. The summed E-state index contributed by atoms with van der Waals surface area (Å²) in [6.07, 6.45) is 4.58. The lowest BCUT2D eigenvalue weighted by atomic mass is 9.73. The second-order valence-corrected chi connectivity index (χ2v) is 36.5. The van der Waals surface area contributed by atoms with Gasteiger partial charge in [-0.1, -0.05) is 39.8 Å². The zero-order valence-electron chi connectivity index (χ0n) is 73.4. The van der Waals surface area contributed by atoms with E-state index in [0.29, 0.717) is 57.8 Å². The van der Waals surface area contributed by atoms with Gasteiger partial charge in [0.25, 0.3) is 0 Å². The molecule has 0 radical (unpaired) electrons. The van der Waals surface area contributed by atoms with Gasteiger partial charge < -0.3 is 85.3 Å². The third-order valence-corrected chi connectivity index (χ3v) is 25.5. The van der Waals surface area contributed by atoms with Crippen molar-refractivity contribution in [1.29, 1.82) is 0 Å². The highest BCUT2D eigenvalue weighted by Crippen LogP contribution is 2.67. The highest BCUT2D eigenvalue weighted by Gasteiger charge is 2.75. The summed E-state index contributed by atoms with van der Waals surface area (Å²) in [5.41, 5.74) is -5.03. The Balaban J connectivity index is 0.000000178. The topological polar surface area (TPSA) is 473 Å². The molecule has 10 bridgehead atoms. The molecule has 13 fully saturated rings. The van der Waals surface area contributed by atoms with Crippen molar-refractivity contribution >= 4 is 107 Å². The highest BCUT2D eigenvalue weighted by molar-refractivity contribution is 5.93. The van der Waals surface area contributed by atoms with E-state index in [0.717, 1.165) is 19.3 Å². The quantitative estimate of drug-likeness (QED) is 0.0268. The number of hydrogen-bond donors (Lipinski definition) is 0. The predicted octanol–water partition coefficient (Wildman–Crippen LogP) is 7.76. The third kappa shape index (κ3) is 22.7. The number of carbonyl (C=O) groups is 18. The summed E-state index contributed by atoms with van der Waals surface area (Å²) in [5.74, 6) is -8.41. The van der Waals surface area contributed by atoms with Crippen LogP contribution >= 0.6 is 0 Å². The smallest absolute Gasteiger partial charge is 0.350 e.